The van der Waals surface area contributed by atoms with Crippen LogP contribution in [0.5, 0.6) is 11.5 Å². The van der Waals surface area contributed by atoms with E-state index in [1.165, 1.54) is 38.5 Å². The van der Waals surface area contributed by atoms with E-state index >= 15 is 0 Å². The molecule has 3 aromatic carbocycles. The van der Waals surface area contributed by atoms with Gasteiger partial charge in [-0.25, -0.2) is 0 Å². The van der Waals surface area contributed by atoms with Crippen molar-refractivity contribution < 1.29 is 43.0 Å². The Labute approximate surface area is 201 Å². The predicted molar refractivity (Wildman–Crippen MR) is 114 cm³/mol. The number of carbonyl (C=O) groups is 2. The molecule has 3 aromatic rings. The average Bonchev–Trinajstić information content (AvgIpc) is 2.72. The van der Waals surface area contributed by atoms with Crippen LogP contribution in [0.15, 0.2) is 54.6 Å². The van der Waals surface area contributed by atoms with Crippen molar-refractivity contribution in [2.45, 2.75) is 0 Å². The number of nitrogens with one attached hydrogen (secondary N) is 1. The molecule has 0 radical (unpaired) electrons. The normalized spacial score (nSPS) is 10.1. The van der Waals surface area contributed by atoms with Crippen LogP contribution in [0.1, 0.15) is 20.7 Å². The van der Waals surface area contributed by atoms with E-state index in [1.54, 1.807) is 30.3 Å². The summed E-state index contributed by atoms with van der Waals surface area (Å²) in [7, 11) is 2.87. The third-order valence-electron chi connectivity index (χ3n) is 4.37. The van der Waals surface area contributed by atoms with Crippen LogP contribution in [0.25, 0.3) is 11.1 Å². The third-order valence-corrected chi connectivity index (χ3v) is 4.92. The molecule has 1 N–H and O–H groups in total. The van der Waals surface area contributed by atoms with Crippen molar-refractivity contribution >= 4 is 40.8 Å². The van der Waals surface area contributed by atoms with Crippen molar-refractivity contribution in [3.8, 4) is 22.6 Å². The fourth-order valence-corrected chi connectivity index (χ4v) is 3.48. The number of hydrogen-bond donors (Lipinski definition) is 1. The Morgan fingerprint density at radius 2 is 1.71 bits per heavy atom. The summed E-state index contributed by atoms with van der Waals surface area (Å²) >= 11 is 11.9. The molecule has 154 valence electrons. The van der Waals surface area contributed by atoms with Crippen LogP contribution >= 0.6 is 23.2 Å². The molecule has 0 unspecified atom stereocenters. The van der Waals surface area contributed by atoms with Crippen LogP contribution in [-0.4, -0.2) is 26.1 Å². The largest absolute Gasteiger partial charge is 1.00 e. The maximum absolute atomic E-state index is 12.6. The van der Waals surface area contributed by atoms with E-state index in [0.717, 1.165) is 0 Å². The topological polar surface area (TPSA) is 87.7 Å². The number of aromatic carboxylic acids is 1. The molecule has 3 rings (SSSR count). The minimum absolute atomic E-state index is 0. The minimum atomic E-state index is -1.51. The summed E-state index contributed by atoms with van der Waals surface area (Å²) in [6.45, 7) is 0. The number of hydrogen-bond acceptors (Lipinski definition) is 5. The molecular formula is C22H16Cl2LiNO5. The molecule has 0 heterocycles. The van der Waals surface area contributed by atoms with Gasteiger partial charge in [0.15, 0.2) is 0 Å². The van der Waals surface area contributed by atoms with Gasteiger partial charge in [-0.1, -0.05) is 35.3 Å². The summed E-state index contributed by atoms with van der Waals surface area (Å²) in [5.41, 5.74) is 1.03. The fourth-order valence-electron chi connectivity index (χ4n) is 2.98. The molecular weight excluding hydrogens is 436 g/mol. The molecule has 0 aliphatic carbocycles. The third kappa shape index (κ3) is 5.36. The first-order valence-electron chi connectivity index (χ1n) is 8.69. The summed E-state index contributed by atoms with van der Waals surface area (Å²) in [5.74, 6) is -1.47. The van der Waals surface area contributed by atoms with Gasteiger partial charge >= 0.3 is 18.9 Å². The van der Waals surface area contributed by atoms with E-state index in [0.29, 0.717) is 21.9 Å². The van der Waals surface area contributed by atoms with Gasteiger partial charge in [0.05, 0.1) is 42.0 Å². The van der Waals surface area contributed by atoms with Crippen LogP contribution in [0.2, 0.25) is 10.0 Å². The Kier molecular flexibility index (Phi) is 8.43. The number of carboxylic acids is 1. The Balaban J connectivity index is 0.00000341. The van der Waals surface area contributed by atoms with Gasteiger partial charge in [0.25, 0.3) is 5.91 Å². The number of ether oxygens (including phenoxy) is 2. The molecule has 0 saturated heterocycles. The van der Waals surface area contributed by atoms with Crippen molar-refractivity contribution in [1.29, 1.82) is 0 Å². The molecule has 0 aliphatic heterocycles. The Morgan fingerprint density at radius 1 is 0.968 bits per heavy atom. The molecule has 0 atom stereocenters. The quantitative estimate of drug-likeness (QED) is 0.570. The molecule has 9 heteroatoms. The molecule has 1 amide bonds. The predicted octanol–water partition coefficient (Wildman–Crippen LogP) is 1.30. The van der Waals surface area contributed by atoms with Crippen molar-refractivity contribution in [3.63, 3.8) is 0 Å². The first-order valence-corrected chi connectivity index (χ1v) is 9.44. The summed E-state index contributed by atoms with van der Waals surface area (Å²) in [6.07, 6.45) is 0. The molecule has 6 nitrogen and oxygen atoms in total. The van der Waals surface area contributed by atoms with Gasteiger partial charge in [0.1, 0.15) is 11.5 Å². The summed E-state index contributed by atoms with van der Waals surface area (Å²) < 4.78 is 10.6. The van der Waals surface area contributed by atoms with Gasteiger partial charge in [-0.05, 0) is 48.0 Å². The van der Waals surface area contributed by atoms with Gasteiger partial charge in [0, 0.05) is 10.6 Å². The Hall–Kier alpha value is -2.62. The van der Waals surface area contributed by atoms with E-state index in [2.05, 4.69) is 5.32 Å². The SMILES string of the molecule is COc1cccc(-c2ccc(NC(=O)c3ccc(Cl)cc3Cl)c(C(=O)[O-])c2OC)c1.[Li+]. The standard InChI is InChI=1S/C22H17Cl2NO5.Li/c1-29-14-5-3-4-12(10-14)15-8-9-18(19(22(27)28)20(15)30-2)25-21(26)16-7-6-13(23)11-17(16)24;/h3-11H,1-2H3,(H,25,26)(H,27,28);/q;+1/p-1. The number of benzene rings is 3. The van der Waals surface area contributed by atoms with E-state index in [9.17, 15) is 14.7 Å². The number of halogens is 2. The molecule has 0 bridgehead atoms. The maximum atomic E-state index is 12.6. The molecule has 0 aliphatic rings. The molecule has 0 aromatic heterocycles. The monoisotopic (exact) mass is 451 g/mol. The van der Waals surface area contributed by atoms with Gasteiger partial charge in [0.2, 0.25) is 0 Å². The van der Waals surface area contributed by atoms with Gasteiger partial charge in [-0.3, -0.25) is 4.79 Å². The average molecular weight is 452 g/mol. The van der Waals surface area contributed by atoms with Crippen LogP contribution in [0, 0.1) is 0 Å². The molecule has 0 fully saturated rings. The molecule has 0 saturated carbocycles. The van der Waals surface area contributed by atoms with Crippen molar-refractivity contribution in [2.75, 3.05) is 19.5 Å². The van der Waals surface area contributed by atoms with Crippen LogP contribution in [0.3, 0.4) is 0 Å². The number of carboxylic acid groups (broad SMARTS) is 1. The van der Waals surface area contributed by atoms with Crippen molar-refractivity contribution in [3.05, 3.63) is 75.8 Å². The second-order valence-electron chi connectivity index (χ2n) is 6.17. The molecule has 31 heavy (non-hydrogen) atoms. The van der Waals surface area contributed by atoms with Gasteiger partial charge in [-0.15, -0.1) is 0 Å². The number of methoxy groups -OCH3 is 2. The van der Waals surface area contributed by atoms with Crippen LogP contribution in [0.4, 0.5) is 5.69 Å². The smallest absolute Gasteiger partial charge is 0.545 e. The zero-order chi connectivity index (χ0) is 21.8. The second kappa shape index (κ2) is 10.6. The molecule has 0 spiro atoms. The van der Waals surface area contributed by atoms with Gasteiger partial charge < -0.3 is 24.7 Å². The summed E-state index contributed by atoms with van der Waals surface area (Å²) in [4.78, 5) is 24.6. The van der Waals surface area contributed by atoms with Crippen LogP contribution < -0.4 is 38.8 Å². The first-order chi connectivity index (χ1) is 14.3. The van der Waals surface area contributed by atoms with E-state index in [-0.39, 0.29) is 46.4 Å². The summed E-state index contributed by atoms with van der Waals surface area (Å²) in [6, 6.07) is 14.5. The van der Waals surface area contributed by atoms with Crippen molar-refractivity contribution in [2.24, 2.45) is 0 Å². The Bertz CT molecular complexity index is 1140. The van der Waals surface area contributed by atoms with Crippen molar-refractivity contribution in [1.82, 2.24) is 0 Å². The number of carbonyl (C=O) groups excluding carboxylic acids is 2. The van der Waals surface area contributed by atoms with Crippen LogP contribution in [-0.2, 0) is 0 Å². The van der Waals surface area contributed by atoms with E-state index < -0.39 is 11.9 Å². The first kappa shape index (κ1) is 24.6. The zero-order valence-electron chi connectivity index (χ0n) is 17.0. The van der Waals surface area contributed by atoms with E-state index in [4.69, 9.17) is 32.7 Å². The number of anilines is 1. The zero-order valence-corrected chi connectivity index (χ0v) is 18.5. The maximum Gasteiger partial charge on any atom is 1.00 e. The number of amides is 1. The summed E-state index contributed by atoms with van der Waals surface area (Å²) in [5, 5.41) is 15.0. The Morgan fingerprint density at radius 3 is 2.32 bits per heavy atom. The minimum Gasteiger partial charge on any atom is -0.545 e. The number of rotatable bonds is 6. The second-order valence-corrected chi connectivity index (χ2v) is 7.01. The fraction of sp³-hybridized carbons (Fsp3) is 0.0909. The van der Waals surface area contributed by atoms with Gasteiger partial charge in [-0.2, -0.15) is 0 Å². The van der Waals surface area contributed by atoms with E-state index in [1.807, 2.05) is 0 Å².